The molecular formula is C24H24N2O3. The van der Waals surface area contributed by atoms with E-state index in [0.717, 1.165) is 28.8 Å². The van der Waals surface area contributed by atoms with E-state index < -0.39 is 0 Å². The third kappa shape index (κ3) is 3.96. The Morgan fingerprint density at radius 1 is 0.897 bits per heavy atom. The van der Waals surface area contributed by atoms with Gasteiger partial charge in [-0.25, -0.2) is 0 Å². The van der Waals surface area contributed by atoms with Crippen molar-refractivity contribution in [1.29, 1.82) is 0 Å². The van der Waals surface area contributed by atoms with Crippen LogP contribution in [-0.2, 0) is 19.6 Å². The fraction of sp³-hybridized carbons (Fsp3) is 0.208. The number of phenolic OH excluding ortho intramolecular Hbond substituents is 2. The SMILES string of the molecule is CN(C)Cc1ccc(-c2cc(O)c3c(c2)CN(Cc2ccc(O)cc2)C3=O)cc1. The molecule has 1 amide bonds. The number of amides is 1. The molecule has 5 nitrogen and oxygen atoms in total. The quantitative estimate of drug-likeness (QED) is 0.694. The molecule has 0 unspecified atom stereocenters. The predicted octanol–water partition coefficient (Wildman–Crippen LogP) is 3.98. The summed E-state index contributed by atoms with van der Waals surface area (Å²) in [5.41, 5.74) is 5.28. The van der Waals surface area contributed by atoms with E-state index in [1.165, 1.54) is 5.56 Å². The Labute approximate surface area is 170 Å². The first kappa shape index (κ1) is 19.0. The Kier molecular flexibility index (Phi) is 4.99. The molecule has 2 N–H and O–H groups in total. The van der Waals surface area contributed by atoms with Crippen LogP contribution in [0.25, 0.3) is 11.1 Å². The van der Waals surface area contributed by atoms with Gasteiger partial charge in [-0.15, -0.1) is 0 Å². The molecular weight excluding hydrogens is 364 g/mol. The highest BCUT2D eigenvalue weighted by molar-refractivity contribution is 6.01. The van der Waals surface area contributed by atoms with Crippen molar-refractivity contribution in [1.82, 2.24) is 9.80 Å². The number of hydrogen-bond donors (Lipinski definition) is 2. The van der Waals surface area contributed by atoms with Crippen LogP contribution >= 0.6 is 0 Å². The maximum atomic E-state index is 12.8. The summed E-state index contributed by atoms with van der Waals surface area (Å²) in [5.74, 6) is 0.0511. The number of carbonyl (C=O) groups is 1. The van der Waals surface area contributed by atoms with Crippen LogP contribution in [0.5, 0.6) is 11.5 Å². The second kappa shape index (κ2) is 7.60. The van der Waals surface area contributed by atoms with E-state index in [-0.39, 0.29) is 17.4 Å². The van der Waals surface area contributed by atoms with Gasteiger partial charge in [0.1, 0.15) is 11.5 Å². The fourth-order valence-corrected chi connectivity index (χ4v) is 3.78. The number of benzene rings is 3. The third-order valence-corrected chi connectivity index (χ3v) is 5.16. The summed E-state index contributed by atoms with van der Waals surface area (Å²) in [6.45, 7) is 1.76. The van der Waals surface area contributed by atoms with Gasteiger partial charge in [0.05, 0.1) is 5.56 Å². The van der Waals surface area contributed by atoms with Crippen LogP contribution in [-0.4, -0.2) is 40.0 Å². The van der Waals surface area contributed by atoms with Crippen LogP contribution in [0.3, 0.4) is 0 Å². The van der Waals surface area contributed by atoms with Crippen LogP contribution in [0.4, 0.5) is 0 Å². The van der Waals surface area contributed by atoms with Crippen molar-refractivity contribution in [2.45, 2.75) is 19.6 Å². The summed E-state index contributed by atoms with van der Waals surface area (Å²) >= 11 is 0. The highest BCUT2D eigenvalue weighted by Crippen LogP contribution is 2.36. The maximum absolute atomic E-state index is 12.8. The van der Waals surface area contributed by atoms with Gasteiger partial charge in [0.2, 0.25) is 0 Å². The van der Waals surface area contributed by atoms with Crippen molar-refractivity contribution >= 4 is 5.91 Å². The Morgan fingerprint density at radius 3 is 2.21 bits per heavy atom. The molecule has 1 aliphatic heterocycles. The zero-order valence-corrected chi connectivity index (χ0v) is 16.6. The minimum Gasteiger partial charge on any atom is -0.508 e. The Hall–Kier alpha value is -3.31. The first-order valence-electron chi connectivity index (χ1n) is 9.58. The van der Waals surface area contributed by atoms with Gasteiger partial charge >= 0.3 is 0 Å². The molecule has 0 saturated carbocycles. The van der Waals surface area contributed by atoms with Crippen molar-refractivity contribution in [2.75, 3.05) is 14.1 Å². The smallest absolute Gasteiger partial charge is 0.258 e. The molecule has 3 aromatic carbocycles. The van der Waals surface area contributed by atoms with E-state index >= 15 is 0 Å². The van der Waals surface area contributed by atoms with Gasteiger partial charge in [0.15, 0.2) is 0 Å². The first-order chi connectivity index (χ1) is 13.9. The van der Waals surface area contributed by atoms with Crippen LogP contribution in [0.15, 0.2) is 60.7 Å². The lowest BCUT2D eigenvalue weighted by Crippen LogP contribution is -2.23. The van der Waals surface area contributed by atoms with Gasteiger partial charge in [-0.05, 0) is 66.2 Å². The van der Waals surface area contributed by atoms with Crippen molar-refractivity contribution in [3.8, 4) is 22.6 Å². The molecule has 4 rings (SSSR count). The van der Waals surface area contributed by atoms with E-state index in [9.17, 15) is 15.0 Å². The largest absolute Gasteiger partial charge is 0.508 e. The van der Waals surface area contributed by atoms with Crippen molar-refractivity contribution < 1.29 is 15.0 Å². The number of hydrogen-bond acceptors (Lipinski definition) is 4. The zero-order chi connectivity index (χ0) is 20.5. The molecule has 0 aromatic heterocycles. The topological polar surface area (TPSA) is 64.0 Å². The van der Waals surface area contributed by atoms with Crippen LogP contribution < -0.4 is 0 Å². The Morgan fingerprint density at radius 2 is 1.55 bits per heavy atom. The zero-order valence-electron chi connectivity index (χ0n) is 16.6. The molecule has 0 bridgehead atoms. The average Bonchev–Trinajstić information content (AvgIpc) is 2.99. The maximum Gasteiger partial charge on any atom is 0.258 e. The van der Waals surface area contributed by atoms with E-state index in [0.29, 0.717) is 18.7 Å². The summed E-state index contributed by atoms with van der Waals surface area (Å²) in [5, 5.41) is 20.0. The summed E-state index contributed by atoms with van der Waals surface area (Å²) < 4.78 is 0. The highest BCUT2D eigenvalue weighted by Gasteiger charge is 2.31. The first-order valence-corrected chi connectivity index (χ1v) is 9.58. The fourth-order valence-electron chi connectivity index (χ4n) is 3.78. The van der Waals surface area contributed by atoms with Crippen LogP contribution in [0.1, 0.15) is 27.0 Å². The minimum absolute atomic E-state index is 0.0214. The van der Waals surface area contributed by atoms with Crippen molar-refractivity contribution in [3.05, 3.63) is 82.9 Å². The second-order valence-electron chi connectivity index (χ2n) is 7.79. The van der Waals surface area contributed by atoms with E-state index in [2.05, 4.69) is 17.0 Å². The van der Waals surface area contributed by atoms with E-state index in [1.807, 2.05) is 32.3 Å². The highest BCUT2D eigenvalue weighted by atomic mass is 16.3. The summed E-state index contributed by atoms with van der Waals surface area (Å²) in [6.07, 6.45) is 0. The molecule has 0 spiro atoms. The van der Waals surface area contributed by atoms with Crippen molar-refractivity contribution in [2.24, 2.45) is 0 Å². The molecule has 0 atom stereocenters. The average molecular weight is 388 g/mol. The van der Waals surface area contributed by atoms with Crippen LogP contribution in [0.2, 0.25) is 0 Å². The van der Waals surface area contributed by atoms with Crippen LogP contribution in [0, 0.1) is 0 Å². The monoisotopic (exact) mass is 388 g/mol. The summed E-state index contributed by atoms with van der Waals surface area (Å²) in [6, 6.07) is 18.7. The second-order valence-corrected chi connectivity index (χ2v) is 7.79. The molecule has 0 fully saturated rings. The number of aromatic hydroxyl groups is 2. The normalized spacial score (nSPS) is 13.2. The number of carbonyl (C=O) groups excluding carboxylic acids is 1. The third-order valence-electron chi connectivity index (χ3n) is 5.16. The number of fused-ring (bicyclic) bond motifs is 1. The molecule has 0 radical (unpaired) electrons. The molecule has 148 valence electrons. The van der Waals surface area contributed by atoms with E-state index in [1.54, 1.807) is 35.2 Å². The molecule has 0 aliphatic carbocycles. The van der Waals surface area contributed by atoms with Gasteiger partial charge in [0.25, 0.3) is 5.91 Å². The molecule has 0 saturated heterocycles. The number of rotatable bonds is 5. The van der Waals surface area contributed by atoms with Gasteiger partial charge < -0.3 is 20.0 Å². The Bertz CT molecular complexity index is 1040. The molecule has 29 heavy (non-hydrogen) atoms. The van der Waals surface area contributed by atoms with Gasteiger partial charge in [0, 0.05) is 19.6 Å². The standard InChI is InChI=1S/C24H24N2O3/c1-25(2)13-16-3-7-18(8-4-16)19-11-20-15-26(24(29)23(20)22(28)12-19)14-17-5-9-21(27)10-6-17/h3-12,27-28H,13-15H2,1-2H3. The lowest BCUT2D eigenvalue weighted by Gasteiger charge is -2.15. The molecule has 5 heteroatoms. The molecule has 3 aromatic rings. The predicted molar refractivity (Wildman–Crippen MR) is 113 cm³/mol. The summed E-state index contributed by atoms with van der Waals surface area (Å²) in [7, 11) is 4.07. The number of phenols is 2. The van der Waals surface area contributed by atoms with Gasteiger partial charge in [-0.1, -0.05) is 36.4 Å². The molecule has 1 heterocycles. The molecule has 1 aliphatic rings. The summed E-state index contributed by atoms with van der Waals surface area (Å²) in [4.78, 5) is 16.6. The van der Waals surface area contributed by atoms with Gasteiger partial charge in [-0.2, -0.15) is 0 Å². The van der Waals surface area contributed by atoms with Gasteiger partial charge in [-0.3, -0.25) is 4.79 Å². The Balaban J connectivity index is 1.58. The van der Waals surface area contributed by atoms with Crippen molar-refractivity contribution in [3.63, 3.8) is 0 Å². The van der Waals surface area contributed by atoms with E-state index in [4.69, 9.17) is 0 Å². The number of nitrogens with zero attached hydrogens (tertiary/aromatic N) is 2. The minimum atomic E-state index is -0.168. The lowest BCUT2D eigenvalue weighted by molar-refractivity contribution is 0.0764. The lowest BCUT2D eigenvalue weighted by atomic mass is 9.98.